The lowest BCUT2D eigenvalue weighted by Crippen LogP contribution is -2.63. The van der Waals surface area contributed by atoms with E-state index in [0.717, 1.165) is 6.42 Å². The van der Waals surface area contributed by atoms with Crippen LogP contribution < -0.4 is 10.6 Å². The fourth-order valence-corrected chi connectivity index (χ4v) is 2.49. The van der Waals surface area contributed by atoms with Crippen LogP contribution in [0, 0.1) is 0 Å². The quantitative estimate of drug-likeness (QED) is 0.651. The van der Waals surface area contributed by atoms with Crippen molar-refractivity contribution < 1.29 is 24.2 Å². The maximum atomic E-state index is 12.1. The van der Waals surface area contributed by atoms with E-state index in [-0.39, 0.29) is 5.91 Å². The number of amides is 3. The second-order valence-corrected chi connectivity index (χ2v) is 5.50. The molecule has 1 saturated carbocycles. The number of carboxylic acids is 1. The molecule has 0 aromatic heterocycles. The number of carbonyl (C=O) groups is 3. The number of aliphatic carboxylic acids is 1. The number of carboxylic acid groups (broad SMARTS) is 1. The van der Waals surface area contributed by atoms with Gasteiger partial charge in [-0.1, -0.05) is 0 Å². The molecule has 3 amide bonds. The van der Waals surface area contributed by atoms with Crippen molar-refractivity contribution in [3.63, 3.8) is 0 Å². The minimum atomic E-state index is -1.17. The number of rotatable bonds is 4. The SMILES string of the molecule is CC(NC(=O)NC1(C(=O)O)CCC1)C(=O)N1CCOCC1. The van der Waals surface area contributed by atoms with E-state index in [9.17, 15) is 14.4 Å². The summed E-state index contributed by atoms with van der Waals surface area (Å²) in [5.74, 6) is -1.22. The third kappa shape index (κ3) is 3.44. The average Bonchev–Trinajstić information content (AvgIpc) is 2.42. The number of nitrogens with zero attached hydrogens (tertiary/aromatic N) is 1. The maximum Gasteiger partial charge on any atom is 0.329 e. The molecule has 2 fully saturated rings. The van der Waals surface area contributed by atoms with Gasteiger partial charge in [0.15, 0.2) is 0 Å². The standard InChI is InChI=1S/C13H21N3O5/c1-9(10(17)16-5-7-21-8-6-16)14-12(20)15-13(11(18)19)3-2-4-13/h9H,2-8H2,1H3,(H,18,19)(H2,14,15,20). The second kappa shape index (κ2) is 6.30. The van der Waals surface area contributed by atoms with Crippen molar-refractivity contribution in [1.82, 2.24) is 15.5 Å². The van der Waals surface area contributed by atoms with E-state index >= 15 is 0 Å². The minimum Gasteiger partial charge on any atom is -0.480 e. The van der Waals surface area contributed by atoms with Gasteiger partial charge in [0.2, 0.25) is 5.91 Å². The van der Waals surface area contributed by atoms with E-state index in [0.29, 0.717) is 39.1 Å². The van der Waals surface area contributed by atoms with Gasteiger partial charge in [0, 0.05) is 13.1 Å². The molecule has 8 heteroatoms. The number of ether oxygens (including phenoxy) is 1. The Hall–Kier alpha value is -1.83. The topological polar surface area (TPSA) is 108 Å². The van der Waals surface area contributed by atoms with Crippen molar-refractivity contribution in [2.45, 2.75) is 37.8 Å². The highest BCUT2D eigenvalue weighted by Gasteiger charge is 2.46. The number of urea groups is 1. The third-order valence-electron chi connectivity index (χ3n) is 4.01. The van der Waals surface area contributed by atoms with Crippen LogP contribution in [0.25, 0.3) is 0 Å². The van der Waals surface area contributed by atoms with Gasteiger partial charge in [0.1, 0.15) is 11.6 Å². The molecule has 1 aliphatic carbocycles. The molecule has 8 nitrogen and oxygen atoms in total. The van der Waals surface area contributed by atoms with Gasteiger partial charge in [0.25, 0.3) is 0 Å². The number of carbonyl (C=O) groups excluding carboxylic acids is 2. The monoisotopic (exact) mass is 299 g/mol. The molecule has 3 N–H and O–H groups in total. The smallest absolute Gasteiger partial charge is 0.329 e. The molecule has 0 spiro atoms. The van der Waals surface area contributed by atoms with Crippen LogP contribution in [0.5, 0.6) is 0 Å². The second-order valence-electron chi connectivity index (χ2n) is 5.50. The molecule has 21 heavy (non-hydrogen) atoms. The summed E-state index contributed by atoms with van der Waals surface area (Å²) in [6, 6.07) is -1.32. The lowest BCUT2D eigenvalue weighted by atomic mass is 9.77. The summed E-state index contributed by atoms with van der Waals surface area (Å²) in [6.07, 6.45) is 1.61. The number of hydrogen-bond acceptors (Lipinski definition) is 4. The molecule has 1 atom stereocenters. The highest BCUT2D eigenvalue weighted by atomic mass is 16.5. The highest BCUT2D eigenvalue weighted by molar-refractivity contribution is 5.90. The lowest BCUT2D eigenvalue weighted by molar-refractivity contribution is -0.148. The fraction of sp³-hybridized carbons (Fsp3) is 0.769. The molecule has 0 radical (unpaired) electrons. The van der Waals surface area contributed by atoms with Crippen LogP contribution in [0.4, 0.5) is 4.79 Å². The molecule has 0 aromatic carbocycles. The normalized spacial score (nSPS) is 21.9. The summed E-state index contributed by atoms with van der Waals surface area (Å²) in [4.78, 5) is 36.8. The van der Waals surface area contributed by atoms with Crippen LogP contribution in [0.2, 0.25) is 0 Å². The van der Waals surface area contributed by atoms with Crippen LogP contribution in [0.3, 0.4) is 0 Å². The Kier molecular flexibility index (Phi) is 4.66. The Morgan fingerprint density at radius 3 is 2.33 bits per heavy atom. The molecular formula is C13H21N3O5. The van der Waals surface area contributed by atoms with Crippen LogP contribution in [-0.4, -0.2) is 65.8 Å². The Balaban J connectivity index is 1.84. The van der Waals surface area contributed by atoms with Gasteiger partial charge in [-0.25, -0.2) is 9.59 Å². The maximum absolute atomic E-state index is 12.1. The Labute approximate surface area is 122 Å². The highest BCUT2D eigenvalue weighted by Crippen LogP contribution is 2.31. The van der Waals surface area contributed by atoms with E-state index in [1.54, 1.807) is 11.8 Å². The first-order chi connectivity index (χ1) is 9.94. The van der Waals surface area contributed by atoms with Crippen molar-refractivity contribution >= 4 is 17.9 Å². The predicted molar refractivity (Wildman–Crippen MR) is 72.7 cm³/mol. The Bertz CT molecular complexity index is 430. The summed E-state index contributed by atoms with van der Waals surface area (Å²) >= 11 is 0. The van der Waals surface area contributed by atoms with Gasteiger partial charge < -0.3 is 25.4 Å². The zero-order chi connectivity index (χ0) is 15.5. The van der Waals surface area contributed by atoms with Crippen molar-refractivity contribution in [2.75, 3.05) is 26.3 Å². The van der Waals surface area contributed by atoms with Crippen LogP contribution >= 0.6 is 0 Å². The van der Waals surface area contributed by atoms with Crippen LogP contribution in [-0.2, 0) is 14.3 Å². The first kappa shape index (κ1) is 15.6. The summed E-state index contributed by atoms with van der Waals surface area (Å²) < 4.78 is 5.17. The fourth-order valence-electron chi connectivity index (χ4n) is 2.49. The van der Waals surface area contributed by atoms with Gasteiger partial charge in [-0.15, -0.1) is 0 Å². The zero-order valence-electron chi connectivity index (χ0n) is 12.1. The summed E-state index contributed by atoms with van der Waals surface area (Å²) in [5.41, 5.74) is -1.17. The molecule has 0 bridgehead atoms. The molecule has 1 saturated heterocycles. The number of hydrogen-bond donors (Lipinski definition) is 3. The first-order valence-corrected chi connectivity index (χ1v) is 7.13. The Morgan fingerprint density at radius 1 is 1.24 bits per heavy atom. The third-order valence-corrected chi connectivity index (χ3v) is 4.01. The van der Waals surface area contributed by atoms with Gasteiger partial charge in [-0.2, -0.15) is 0 Å². The molecule has 1 heterocycles. The van der Waals surface area contributed by atoms with Gasteiger partial charge in [-0.3, -0.25) is 4.79 Å². The first-order valence-electron chi connectivity index (χ1n) is 7.13. The molecule has 2 rings (SSSR count). The largest absolute Gasteiger partial charge is 0.480 e. The number of nitrogens with one attached hydrogen (secondary N) is 2. The van der Waals surface area contributed by atoms with Gasteiger partial charge >= 0.3 is 12.0 Å². The van der Waals surface area contributed by atoms with Gasteiger partial charge in [-0.05, 0) is 26.2 Å². The average molecular weight is 299 g/mol. The predicted octanol–water partition coefficient (Wildman–Crippen LogP) is -0.460. The summed E-state index contributed by atoms with van der Waals surface area (Å²) in [7, 11) is 0. The van der Waals surface area contributed by atoms with Crippen LogP contribution in [0.1, 0.15) is 26.2 Å². The van der Waals surface area contributed by atoms with Crippen molar-refractivity contribution in [2.24, 2.45) is 0 Å². The molecule has 0 aromatic rings. The zero-order valence-corrected chi connectivity index (χ0v) is 12.1. The number of morpholine rings is 1. The van der Waals surface area contributed by atoms with Crippen molar-refractivity contribution in [3.8, 4) is 0 Å². The van der Waals surface area contributed by atoms with E-state index in [4.69, 9.17) is 9.84 Å². The lowest BCUT2D eigenvalue weighted by Gasteiger charge is -2.38. The summed E-state index contributed by atoms with van der Waals surface area (Å²) in [5, 5.41) is 14.1. The van der Waals surface area contributed by atoms with E-state index in [1.807, 2.05) is 0 Å². The van der Waals surface area contributed by atoms with E-state index in [2.05, 4.69) is 10.6 Å². The minimum absolute atomic E-state index is 0.188. The van der Waals surface area contributed by atoms with Crippen LogP contribution in [0.15, 0.2) is 0 Å². The van der Waals surface area contributed by atoms with E-state index < -0.39 is 23.6 Å². The molecule has 1 aliphatic heterocycles. The summed E-state index contributed by atoms with van der Waals surface area (Å²) in [6.45, 7) is 3.59. The van der Waals surface area contributed by atoms with Crippen molar-refractivity contribution in [3.05, 3.63) is 0 Å². The molecule has 2 aliphatic rings. The molecular weight excluding hydrogens is 278 g/mol. The van der Waals surface area contributed by atoms with E-state index in [1.165, 1.54) is 0 Å². The molecule has 1 unspecified atom stereocenters. The van der Waals surface area contributed by atoms with Crippen molar-refractivity contribution in [1.29, 1.82) is 0 Å². The Morgan fingerprint density at radius 2 is 1.86 bits per heavy atom. The van der Waals surface area contributed by atoms with Gasteiger partial charge in [0.05, 0.1) is 13.2 Å². The molecule has 118 valence electrons.